The van der Waals surface area contributed by atoms with Crippen LogP contribution in [0.3, 0.4) is 0 Å². The van der Waals surface area contributed by atoms with Gasteiger partial charge in [0, 0.05) is 12.8 Å². The lowest BCUT2D eigenvalue weighted by Gasteiger charge is -2.13. The zero-order valence-corrected chi connectivity index (χ0v) is 11.4. The average molecular weight is 296 g/mol. The highest BCUT2D eigenvalue weighted by atomic mass is 79.9. The van der Waals surface area contributed by atoms with E-state index in [4.69, 9.17) is 4.74 Å². The molecule has 17 heavy (non-hydrogen) atoms. The lowest BCUT2D eigenvalue weighted by molar-refractivity contribution is 0.110. The molecule has 0 fully saturated rings. The second kappa shape index (κ2) is 5.42. The van der Waals surface area contributed by atoms with Crippen LogP contribution in [0.2, 0.25) is 0 Å². The van der Waals surface area contributed by atoms with Crippen molar-refractivity contribution in [2.24, 2.45) is 0 Å². The van der Waals surface area contributed by atoms with Crippen molar-refractivity contribution in [1.82, 2.24) is 14.8 Å². The molecular weight excluding hydrogens is 282 g/mol. The van der Waals surface area contributed by atoms with Crippen LogP contribution in [0, 0.1) is 0 Å². The molecule has 2 rings (SSSR count). The quantitative estimate of drug-likeness (QED) is 0.814. The molecule has 1 unspecified atom stereocenters. The Labute approximate surface area is 109 Å². The topological polar surface area (TPSA) is 39.9 Å². The SMILES string of the molecule is COC(C)c1nnc(CBr)n1-c1ccccc1. The van der Waals surface area contributed by atoms with E-state index in [0.29, 0.717) is 5.33 Å². The van der Waals surface area contributed by atoms with Crippen molar-refractivity contribution in [3.05, 3.63) is 42.0 Å². The van der Waals surface area contributed by atoms with Gasteiger partial charge in [-0.2, -0.15) is 0 Å². The molecule has 0 aliphatic carbocycles. The van der Waals surface area contributed by atoms with Gasteiger partial charge >= 0.3 is 0 Å². The molecule has 0 N–H and O–H groups in total. The lowest BCUT2D eigenvalue weighted by atomic mass is 10.3. The first-order valence-corrected chi connectivity index (χ1v) is 6.48. The van der Waals surface area contributed by atoms with Gasteiger partial charge in [0.25, 0.3) is 0 Å². The third kappa shape index (κ3) is 2.40. The van der Waals surface area contributed by atoms with Gasteiger partial charge in [-0.25, -0.2) is 0 Å². The van der Waals surface area contributed by atoms with E-state index in [9.17, 15) is 0 Å². The van der Waals surface area contributed by atoms with Gasteiger partial charge in [0.15, 0.2) is 5.82 Å². The van der Waals surface area contributed by atoms with Crippen molar-refractivity contribution in [3.63, 3.8) is 0 Å². The van der Waals surface area contributed by atoms with Gasteiger partial charge in [0.2, 0.25) is 0 Å². The predicted octanol–water partition coefficient (Wildman–Crippen LogP) is 2.87. The molecule has 1 aromatic heterocycles. The molecule has 1 heterocycles. The van der Waals surface area contributed by atoms with Gasteiger partial charge in [-0.15, -0.1) is 10.2 Å². The Balaban J connectivity index is 2.54. The molecule has 1 atom stereocenters. The molecule has 0 spiro atoms. The molecular formula is C12H14BrN3O. The van der Waals surface area contributed by atoms with Crippen LogP contribution < -0.4 is 0 Å². The molecule has 5 heteroatoms. The fourth-order valence-electron chi connectivity index (χ4n) is 1.64. The molecule has 0 aliphatic rings. The van der Waals surface area contributed by atoms with E-state index >= 15 is 0 Å². The average Bonchev–Trinajstić information content (AvgIpc) is 2.82. The molecule has 90 valence electrons. The van der Waals surface area contributed by atoms with Crippen LogP contribution in [0.1, 0.15) is 24.7 Å². The van der Waals surface area contributed by atoms with Crippen molar-refractivity contribution in [2.75, 3.05) is 7.11 Å². The van der Waals surface area contributed by atoms with E-state index in [-0.39, 0.29) is 6.10 Å². The van der Waals surface area contributed by atoms with E-state index in [0.717, 1.165) is 17.3 Å². The molecule has 0 saturated heterocycles. The summed E-state index contributed by atoms with van der Waals surface area (Å²) in [6, 6.07) is 10.0. The number of hydrogen-bond donors (Lipinski definition) is 0. The minimum absolute atomic E-state index is 0.0875. The fourth-order valence-corrected chi connectivity index (χ4v) is 2.01. The van der Waals surface area contributed by atoms with Crippen molar-refractivity contribution >= 4 is 15.9 Å². The number of hydrogen-bond acceptors (Lipinski definition) is 3. The third-order valence-corrected chi connectivity index (χ3v) is 3.11. The van der Waals surface area contributed by atoms with Crippen molar-refractivity contribution in [3.8, 4) is 5.69 Å². The number of nitrogens with zero attached hydrogens (tertiary/aromatic N) is 3. The highest BCUT2D eigenvalue weighted by Crippen LogP contribution is 2.21. The highest BCUT2D eigenvalue weighted by Gasteiger charge is 2.17. The van der Waals surface area contributed by atoms with Gasteiger partial charge < -0.3 is 4.74 Å². The smallest absolute Gasteiger partial charge is 0.166 e. The molecule has 0 radical (unpaired) electrons. The Morgan fingerprint density at radius 2 is 2.00 bits per heavy atom. The van der Waals surface area contributed by atoms with Crippen molar-refractivity contribution in [2.45, 2.75) is 18.4 Å². The summed E-state index contributed by atoms with van der Waals surface area (Å²) in [6.07, 6.45) is -0.0875. The first-order valence-electron chi connectivity index (χ1n) is 5.36. The predicted molar refractivity (Wildman–Crippen MR) is 69.4 cm³/mol. The number of alkyl halides is 1. The van der Waals surface area contributed by atoms with E-state index < -0.39 is 0 Å². The lowest BCUT2D eigenvalue weighted by Crippen LogP contribution is -2.08. The number of rotatable bonds is 4. The number of halogens is 1. The maximum Gasteiger partial charge on any atom is 0.166 e. The van der Waals surface area contributed by atoms with Crippen molar-refractivity contribution < 1.29 is 4.74 Å². The Hall–Kier alpha value is -1.20. The summed E-state index contributed by atoms with van der Waals surface area (Å²) in [6.45, 7) is 1.96. The van der Waals surface area contributed by atoms with Gasteiger partial charge in [-0.05, 0) is 19.1 Å². The monoisotopic (exact) mass is 295 g/mol. The molecule has 1 aromatic carbocycles. The van der Waals surface area contributed by atoms with Crippen LogP contribution in [-0.2, 0) is 10.1 Å². The van der Waals surface area contributed by atoms with E-state index in [1.807, 2.05) is 41.8 Å². The van der Waals surface area contributed by atoms with Crippen LogP contribution in [0.15, 0.2) is 30.3 Å². The van der Waals surface area contributed by atoms with Crippen LogP contribution in [-0.4, -0.2) is 21.9 Å². The van der Waals surface area contributed by atoms with E-state index in [1.165, 1.54) is 0 Å². The minimum Gasteiger partial charge on any atom is -0.374 e. The number of para-hydroxylation sites is 1. The Morgan fingerprint density at radius 3 is 2.59 bits per heavy atom. The summed E-state index contributed by atoms with van der Waals surface area (Å²) in [5.41, 5.74) is 1.05. The Kier molecular flexibility index (Phi) is 3.91. The van der Waals surface area contributed by atoms with Crippen LogP contribution in [0.25, 0.3) is 5.69 Å². The number of aromatic nitrogens is 3. The summed E-state index contributed by atoms with van der Waals surface area (Å²) >= 11 is 3.43. The van der Waals surface area contributed by atoms with Crippen LogP contribution in [0.4, 0.5) is 0 Å². The normalized spacial score (nSPS) is 12.6. The van der Waals surface area contributed by atoms with Crippen molar-refractivity contribution in [1.29, 1.82) is 0 Å². The minimum atomic E-state index is -0.0875. The zero-order chi connectivity index (χ0) is 12.3. The molecule has 0 saturated carbocycles. The molecule has 0 aliphatic heterocycles. The van der Waals surface area contributed by atoms with Crippen LogP contribution >= 0.6 is 15.9 Å². The number of ether oxygens (including phenoxy) is 1. The standard InChI is InChI=1S/C12H14BrN3O/c1-9(17-2)12-15-14-11(8-13)16(12)10-6-4-3-5-7-10/h3-7,9H,8H2,1-2H3. The summed E-state index contributed by atoms with van der Waals surface area (Å²) in [5.74, 6) is 1.68. The molecule has 0 bridgehead atoms. The largest absolute Gasteiger partial charge is 0.374 e. The maximum absolute atomic E-state index is 5.32. The van der Waals surface area contributed by atoms with Gasteiger partial charge in [-0.1, -0.05) is 34.1 Å². The molecule has 2 aromatic rings. The first kappa shape index (κ1) is 12.3. The maximum atomic E-state index is 5.32. The summed E-state index contributed by atoms with van der Waals surface area (Å²) in [5, 5.41) is 9.02. The number of benzene rings is 1. The molecule has 4 nitrogen and oxygen atoms in total. The van der Waals surface area contributed by atoms with Gasteiger partial charge in [0.05, 0.1) is 5.33 Å². The first-order chi connectivity index (χ1) is 8.27. The fraction of sp³-hybridized carbons (Fsp3) is 0.333. The highest BCUT2D eigenvalue weighted by molar-refractivity contribution is 9.08. The third-order valence-electron chi connectivity index (χ3n) is 2.61. The zero-order valence-electron chi connectivity index (χ0n) is 9.80. The summed E-state index contributed by atoms with van der Waals surface area (Å²) in [7, 11) is 1.67. The van der Waals surface area contributed by atoms with Gasteiger partial charge in [-0.3, -0.25) is 4.57 Å². The Bertz CT molecular complexity index is 484. The second-order valence-electron chi connectivity index (χ2n) is 3.66. The summed E-state index contributed by atoms with van der Waals surface area (Å²) in [4.78, 5) is 0. The Morgan fingerprint density at radius 1 is 1.29 bits per heavy atom. The van der Waals surface area contributed by atoms with Gasteiger partial charge in [0.1, 0.15) is 11.9 Å². The van der Waals surface area contributed by atoms with E-state index in [1.54, 1.807) is 7.11 Å². The molecule has 0 amide bonds. The van der Waals surface area contributed by atoms with Crippen LogP contribution in [0.5, 0.6) is 0 Å². The second-order valence-corrected chi connectivity index (χ2v) is 4.22. The summed E-state index contributed by atoms with van der Waals surface area (Å²) < 4.78 is 7.33. The number of methoxy groups -OCH3 is 1. The van der Waals surface area contributed by atoms with E-state index in [2.05, 4.69) is 26.1 Å².